The minimum atomic E-state index is -0.484. The van der Waals surface area contributed by atoms with Crippen LogP contribution in [0, 0.1) is 10.1 Å². The molecule has 1 aromatic rings. The molecule has 9 heteroatoms. The molecule has 2 atom stereocenters. The van der Waals surface area contributed by atoms with E-state index in [0.717, 1.165) is 6.42 Å². The molecule has 20 heavy (non-hydrogen) atoms. The van der Waals surface area contributed by atoms with E-state index in [4.69, 9.17) is 10.6 Å². The molecule has 0 aliphatic carbocycles. The monoisotopic (exact) mass is 282 g/mol. The van der Waals surface area contributed by atoms with Crippen molar-refractivity contribution in [3.8, 4) is 0 Å². The zero-order valence-corrected chi connectivity index (χ0v) is 11.4. The lowest BCUT2D eigenvalue weighted by Gasteiger charge is -2.38. The quantitative estimate of drug-likeness (QED) is 0.470. The number of anilines is 2. The molecule has 1 fully saturated rings. The van der Waals surface area contributed by atoms with Gasteiger partial charge in [-0.15, -0.1) is 0 Å². The van der Waals surface area contributed by atoms with E-state index in [9.17, 15) is 10.1 Å². The predicted octanol–water partition coefficient (Wildman–Crippen LogP) is 0.674. The van der Waals surface area contributed by atoms with Gasteiger partial charge >= 0.3 is 5.69 Å². The molecular weight excluding hydrogens is 264 g/mol. The number of nitrogens with zero attached hydrogens (tertiary/aromatic N) is 4. The van der Waals surface area contributed by atoms with E-state index >= 15 is 0 Å². The first-order valence-corrected chi connectivity index (χ1v) is 6.43. The minimum absolute atomic E-state index is 0.0124. The van der Waals surface area contributed by atoms with Crippen LogP contribution in [0.4, 0.5) is 17.5 Å². The molecule has 1 aromatic heterocycles. The number of ether oxygens (including phenoxy) is 1. The zero-order chi connectivity index (χ0) is 14.7. The van der Waals surface area contributed by atoms with Crippen molar-refractivity contribution in [3.05, 3.63) is 16.3 Å². The molecule has 1 aliphatic heterocycles. The van der Waals surface area contributed by atoms with Crippen LogP contribution in [-0.4, -0.2) is 40.2 Å². The Morgan fingerprint density at radius 2 is 2.45 bits per heavy atom. The third-order valence-electron chi connectivity index (χ3n) is 3.29. The van der Waals surface area contributed by atoms with Gasteiger partial charge in [-0.2, -0.15) is 4.98 Å². The van der Waals surface area contributed by atoms with Crippen molar-refractivity contribution < 1.29 is 9.66 Å². The van der Waals surface area contributed by atoms with Crippen molar-refractivity contribution in [2.24, 2.45) is 5.84 Å². The van der Waals surface area contributed by atoms with E-state index in [-0.39, 0.29) is 29.6 Å². The molecule has 0 amide bonds. The third kappa shape index (κ3) is 2.78. The molecule has 1 saturated heterocycles. The number of hydrogen-bond acceptors (Lipinski definition) is 8. The Morgan fingerprint density at radius 1 is 1.70 bits per heavy atom. The Balaban J connectivity index is 2.44. The first kappa shape index (κ1) is 14.4. The first-order valence-electron chi connectivity index (χ1n) is 6.43. The standard InChI is InChI=1S/C11H18N6O3/c1-3-8-6-20-7(2)5-16(8)10-9(17(18)19)4-13-11(14-10)15-12/h4,7-8H,3,5-6,12H2,1-2H3,(H,13,14,15). The topological polar surface area (TPSA) is 119 Å². The summed E-state index contributed by atoms with van der Waals surface area (Å²) in [7, 11) is 0. The summed E-state index contributed by atoms with van der Waals surface area (Å²) < 4.78 is 5.59. The van der Waals surface area contributed by atoms with Crippen molar-refractivity contribution >= 4 is 17.5 Å². The number of nitrogens with one attached hydrogen (secondary N) is 1. The van der Waals surface area contributed by atoms with E-state index < -0.39 is 4.92 Å². The fraction of sp³-hybridized carbons (Fsp3) is 0.636. The number of hydrazine groups is 1. The second-order valence-electron chi connectivity index (χ2n) is 4.66. The maximum absolute atomic E-state index is 11.2. The van der Waals surface area contributed by atoms with E-state index in [1.54, 1.807) is 0 Å². The van der Waals surface area contributed by atoms with Gasteiger partial charge in [-0.1, -0.05) is 6.92 Å². The predicted molar refractivity (Wildman–Crippen MR) is 73.3 cm³/mol. The fourth-order valence-electron chi connectivity index (χ4n) is 2.22. The summed E-state index contributed by atoms with van der Waals surface area (Å²) in [4.78, 5) is 20.5. The summed E-state index contributed by atoms with van der Waals surface area (Å²) in [6.45, 7) is 4.99. The van der Waals surface area contributed by atoms with Gasteiger partial charge in [0.1, 0.15) is 6.20 Å². The van der Waals surface area contributed by atoms with Crippen LogP contribution < -0.4 is 16.2 Å². The number of nitrogens with two attached hydrogens (primary N) is 1. The highest BCUT2D eigenvalue weighted by Gasteiger charge is 2.32. The molecule has 2 unspecified atom stereocenters. The van der Waals surface area contributed by atoms with Gasteiger partial charge in [0.2, 0.25) is 11.8 Å². The van der Waals surface area contributed by atoms with Crippen LogP contribution in [0.15, 0.2) is 6.20 Å². The van der Waals surface area contributed by atoms with E-state index in [0.29, 0.717) is 13.2 Å². The highest BCUT2D eigenvalue weighted by Crippen LogP contribution is 2.30. The highest BCUT2D eigenvalue weighted by atomic mass is 16.6. The Hall–Kier alpha value is -2.00. The number of rotatable bonds is 4. The largest absolute Gasteiger partial charge is 0.375 e. The normalized spacial score (nSPS) is 22.6. The fourth-order valence-corrected chi connectivity index (χ4v) is 2.22. The highest BCUT2D eigenvalue weighted by molar-refractivity contribution is 5.59. The SMILES string of the molecule is CCC1COC(C)CN1c1nc(NN)ncc1[N+](=O)[O-]. The smallest absolute Gasteiger partial charge is 0.329 e. The second-order valence-corrected chi connectivity index (χ2v) is 4.66. The van der Waals surface area contributed by atoms with Gasteiger partial charge < -0.3 is 9.64 Å². The Morgan fingerprint density at radius 3 is 3.05 bits per heavy atom. The summed E-state index contributed by atoms with van der Waals surface area (Å²) in [5.41, 5.74) is 2.19. The number of aromatic nitrogens is 2. The van der Waals surface area contributed by atoms with Gasteiger partial charge in [-0.25, -0.2) is 10.8 Å². The lowest BCUT2D eigenvalue weighted by molar-refractivity contribution is -0.384. The molecule has 0 saturated carbocycles. The molecule has 9 nitrogen and oxygen atoms in total. The van der Waals surface area contributed by atoms with Crippen LogP contribution in [-0.2, 0) is 4.74 Å². The van der Waals surface area contributed by atoms with Crippen molar-refractivity contribution in [1.82, 2.24) is 9.97 Å². The molecule has 0 spiro atoms. The molecule has 1 aliphatic rings. The second kappa shape index (κ2) is 5.97. The molecule has 2 heterocycles. The number of hydrogen-bond donors (Lipinski definition) is 2. The Kier molecular flexibility index (Phi) is 4.30. The zero-order valence-electron chi connectivity index (χ0n) is 11.4. The van der Waals surface area contributed by atoms with Gasteiger partial charge in [-0.3, -0.25) is 15.5 Å². The summed E-state index contributed by atoms with van der Waals surface area (Å²) in [6, 6.07) is 0.0467. The van der Waals surface area contributed by atoms with Gasteiger partial charge in [0.25, 0.3) is 0 Å². The van der Waals surface area contributed by atoms with Crippen molar-refractivity contribution in [3.63, 3.8) is 0 Å². The maximum Gasteiger partial charge on any atom is 0.329 e. The van der Waals surface area contributed by atoms with Crippen LogP contribution in [0.3, 0.4) is 0 Å². The summed E-state index contributed by atoms with van der Waals surface area (Å²) in [5, 5.41) is 11.2. The summed E-state index contributed by atoms with van der Waals surface area (Å²) in [5.74, 6) is 5.71. The lowest BCUT2D eigenvalue weighted by Crippen LogP contribution is -2.49. The number of nitrogen functional groups attached to an aromatic ring is 1. The summed E-state index contributed by atoms with van der Waals surface area (Å²) in [6.07, 6.45) is 1.96. The third-order valence-corrected chi connectivity index (χ3v) is 3.29. The van der Waals surface area contributed by atoms with Crippen LogP contribution in [0.2, 0.25) is 0 Å². The molecule has 3 N–H and O–H groups in total. The van der Waals surface area contributed by atoms with E-state index in [1.807, 2.05) is 18.7 Å². The van der Waals surface area contributed by atoms with Crippen molar-refractivity contribution in [2.75, 3.05) is 23.5 Å². The number of morpholine rings is 1. The average molecular weight is 282 g/mol. The first-order chi connectivity index (χ1) is 9.56. The number of nitro groups is 1. The molecule has 0 bridgehead atoms. The van der Waals surface area contributed by atoms with Gasteiger partial charge in [0, 0.05) is 6.54 Å². The summed E-state index contributed by atoms with van der Waals surface area (Å²) >= 11 is 0. The van der Waals surface area contributed by atoms with Crippen LogP contribution in [0.5, 0.6) is 0 Å². The molecule has 2 rings (SSSR count). The average Bonchev–Trinajstić information content (AvgIpc) is 2.46. The lowest BCUT2D eigenvalue weighted by atomic mass is 10.1. The molecular formula is C11H18N6O3. The van der Waals surface area contributed by atoms with Crippen molar-refractivity contribution in [1.29, 1.82) is 0 Å². The minimum Gasteiger partial charge on any atom is -0.375 e. The van der Waals surface area contributed by atoms with Crippen LogP contribution in [0.25, 0.3) is 0 Å². The molecule has 0 radical (unpaired) electrons. The van der Waals surface area contributed by atoms with Crippen molar-refractivity contribution in [2.45, 2.75) is 32.4 Å². The van der Waals surface area contributed by atoms with Gasteiger partial charge in [0.05, 0.1) is 23.7 Å². The molecule has 0 aromatic carbocycles. The van der Waals surface area contributed by atoms with E-state index in [2.05, 4.69) is 15.4 Å². The Labute approximate surface area is 116 Å². The van der Waals surface area contributed by atoms with Gasteiger partial charge in [-0.05, 0) is 13.3 Å². The van der Waals surface area contributed by atoms with Crippen LogP contribution in [0.1, 0.15) is 20.3 Å². The Bertz CT molecular complexity index is 497. The van der Waals surface area contributed by atoms with Crippen LogP contribution >= 0.6 is 0 Å². The maximum atomic E-state index is 11.2. The van der Waals surface area contributed by atoms with E-state index in [1.165, 1.54) is 6.20 Å². The van der Waals surface area contributed by atoms with Gasteiger partial charge in [0.15, 0.2) is 0 Å². The molecule has 110 valence electrons.